The van der Waals surface area contributed by atoms with Gasteiger partial charge in [-0.2, -0.15) is 11.8 Å². The summed E-state index contributed by atoms with van der Waals surface area (Å²) < 4.78 is 11.5. The van der Waals surface area contributed by atoms with Gasteiger partial charge in [0.15, 0.2) is 18.0 Å². The van der Waals surface area contributed by atoms with Crippen molar-refractivity contribution in [1.29, 1.82) is 0 Å². The number of ether oxygens (including phenoxy) is 2. The molecule has 0 radical (unpaired) electrons. The van der Waals surface area contributed by atoms with Gasteiger partial charge in [0.05, 0.1) is 11.9 Å². The summed E-state index contributed by atoms with van der Waals surface area (Å²) in [6.07, 6.45) is 7.18. The van der Waals surface area contributed by atoms with E-state index in [1.165, 1.54) is 11.8 Å². The average molecular weight is 549 g/mol. The van der Waals surface area contributed by atoms with Crippen LogP contribution in [0.25, 0.3) is 0 Å². The zero-order valence-corrected chi connectivity index (χ0v) is 24.2. The lowest BCUT2D eigenvalue weighted by atomic mass is 9.45. The van der Waals surface area contributed by atoms with Gasteiger partial charge in [-0.1, -0.05) is 33.3 Å². The van der Waals surface area contributed by atoms with Crippen LogP contribution in [-0.4, -0.2) is 58.4 Å². The highest BCUT2D eigenvalue weighted by Crippen LogP contribution is 2.68. The molecule has 0 saturated heterocycles. The third-order valence-corrected chi connectivity index (χ3v) is 11.3. The Morgan fingerprint density at radius 1 is 1.08 bits per heavy atom. The van der Waals surface area contributed by atoms with Gasteiger partial charge >= 0.3 is 11.9 Å². The van der Waals surface area contributed by atoms with Gasteiger partial charge in [0.2, 0.25) is 5.78 Å². The van der Waals surface area contributed by atoms with Gasteiger partial charge < -0.3 is 14.6 Å². The fourth-order valence-corrected chi connectivity index (χ4v) is 9.09. The van der Waals surface area contributed by atoms with Crippen LogP contribution in [-0.2, 0) is 28.7 Å². The van der Waals surface area contributed by atoms with Gasteiger partial charge in [0.25, 0.3) is 0 Å². The molecular formula is C30H44O7S. The zero-order chi connectivity index (χ0) is 27.7. The molecule has 8 heteroatoms. The van der Waals surface area contributed by atoms with Crippen LogP contribution < -0.4 is 0 Å². The fourth-order valence-electron chi connectivity index (χ4n) is 8.41. The molecule has 0 amide bonds. The number of rotatable bonds is 10. The van der Waals surface area contributed by atoms with E-state index in [0.717, 1.165) is 37.0 Å². The molecule has 4 aliphatic rings. The highest BCUT2D eigenvalue weighted by Gasteiger charge is 2.70. The van der Waals surface area contributed by atoms with Crippen molar-refractivity contribution in [2.45, 2.75) is 104 Å². The summed E-state index contributed by atoms with van der Waals surface area (Å²) in [6.45, 7) is 7.69. The first-order valence-electron chi connectivity index (χ1n) is 14.4. The molecular weight excluding hydrogens is 504 g/mol. The Bertz CT molecular complexity index is 991. The predicted molar refractivity (Wildman–Crippen MR) is 145 cm³/mol. The van der Waals surface area contributed by atoms with E-state index in [-0.39, 0.29) is 46.9 Å². The van der Waals surface area contributed by atoms with Crippen molar-refractivity contribution in [1.82, 2.24) is 0 Å². The molecule has 212 valence electrons. The van der Waals surface area contributed by atoms with E-state index in [1.807, 2.05) is 26.8 Å². The van der Waals surface area contributed by atoms with Gasteiger partial charge in [-0.25, -0.2) is 0 Å². The van der Waals surface area contributed by atoms with Crippen molar-refractivity contribution in [2.24, 2.45) is 28.6 Å². The zero-order valence-electron chi connectivity index (χ0n) is 23.4. The van der Waals surface area contributed by atoms with Crippen LogP contribution in [0.4, 0.5) is 0 Å². The van der Waals surface area contributed by atoms with E-state index in [0.29, 0.717) is 32.1 Å². The van der Waals surface area contributed by atoms with E-state index < -0.39 is 35.7 Å². The Hall–Kier alpha value is -1.67. The number of Topliss-reactive ketones (excluding diaryl/α,β-unsaturated/α-hetero) is 1. The topological polar surface area (TPSA) is 107 Å². The first-order chi connectivity index (χ1) is 18.0. The number of thioether (sulfide) groups is 1. The molecule has 0 spiro atoms. The van der Waals surface area contributed by atoms with Crippen LogP contribution >= 0.6 is 11.8 Å². The van der Waals surface area contributed by atoms with Crippen LogP contribution in [0.5, 0.6) is 0 Å². The smallest absolute Gasteiger partial charge is 0.316 e. The Labute approximate surface area is 230 Å². The highest BCUT2D eigenvalue weighted by atomic mass is 32.2. The van der Waals surface area contributed by atoms with E-state index in [2.05, 4.69) is 6.92 Å². The number of aliphatic hydroxyl groups excluding tert-OH is 1. The molecule has 38 heavy (non-hydrogen) atoms. The molecule has 0 aromatic heterocycles. The van der Waals surface area contributed by atoms with Crippen LogP contribution in [0, 0.1) is 28.6 Å². The molecule has 4 aliphatic carbocycles. The molecule has 0 heterocycles. The lowest BCUT2D eigenvalue weighted by Gasteiger charge is -2.60. The lowest BCUT2D eigenvalue weighted by Crippen LogP contribution is -2.63. The summed E-state index contributed by atoms with van der Waals surface area (Å²) >= 11 is 1.47. The number of hydrogen-bond donors (Lipinski definition) is 1. The molecule has 0 aliphatic heterocycles. The molecule has 3 saturated carbocycles. The number of carbonyl (C=O) groups is 4. The van der Waals surface area contributed by atoms with Crippen LogP contribution in [0.1, 0.15) is 91.9 Å². The van der Waals surface area contributed by atoms with E-state index in [4.69, 9.17) is 9.47 Å². The van der Waals surface area contributed by atoms with E-state index in [1.54, 1.807) is 0 Å². The number of carbonyl (C=O) groups excluding carboxylic acids is 4. The summed E-state index contributed by atoms with van der Waals surface area (Å²) in [6, 6.07) is 0. The number of ketones is 2. The van der Waals surface area contributed by atoms with Crippen molar-refractivity contribution < 1.29 is 33.8 Å². The maximum absolute atomic E-state index is 13.9. The minimum atomic E-state index is -1.42. The van der Waals surface area contributed by atoms with Gasteiger partial charge in [0, 0.05) is 18.3 Å². The van der Waals surface area contributed by atoms with Crippen molar-refractivity contribution in [3.05, 3.63) is 11.6 Å². The minimum absolute atomic E-state index is 0.000612. The second-order valence-corrected chi connectivity index (χ2v) is 13.4. The Balaban J connectivity index is 1.62. The number of aliphatic hydroxyl groups is 1. The lowest BCUT2D eigenvalue weighted by molar-refractivity contribution is -0.203. The van der Waals surface area contributed by atoms with Gasteiger partial charge in [0.1, 0.15) is 0 Å². The number of allylic oxidation sites excluding steroid dienone is 1. The maximum atomic E-state index is 13.9. The van der Waals surface area contributed by atoms with Crippen LogP contribution in [0.3, 0.4) is 0 Å². The van der Waals surface area contributed by atoms with Crippen molar-refractivity contribution >= 4 is 35.3 Å². The number of esters is 2. The second-order valence-electron chi connectivity index (χ2n) is 12.3. The van der Waals surface area contributed by atoms with Gasteiger partial charge in [-0.15, -0.1) is 0 Å². The molecule has 4 rings (SSSR count). The second kappa shape index (κ2) is 11.4. The summed E-state index contributed by atoms with van der Waals surface area (Å²) in [5.41, 5.74) is -1.27. The summed E-state index contributed by atoms with van der Waals surface area (Å²) in [5.74, 6) is 0.193. The molecule has 0 bridgehead atoms. The van der Waals surface area contributed by atoms with E-state index >= 15 is 0 Å². The monoisotopic (exact) mass is 548 g/mol. The SMILES string of the molecule is CCCSCC(=O)OCC(=O)[C@@]1(OC(=O)CCC)CC[C@H]2[C@@H]3CCC4=CC(=O)CC[C@]4(C)[C@H]3[C@@H](O)C[C@@]21C. The minimum Gasteiger partial charge on any atom is -0.457 e. The third-order valence-electron chi connectivity index (χ3n) is 10.1. The van der Waals surface area contributed by atoms with Gasteiger partial charge in [-0.3, -0.25) is 19.2 Å². The maximum Gasteiger partial charge on any atom is 0.316 e. The molecule has 3 fully saturated rings. The van der Waals surface area contributed by atoms with Crippen molar-refractivity contribution in [3.8, 4) is 0 Å². The van der Waals surface area contributed by atoms with Crippen molar-refractivity contribution in [3.63, 3.8) is 0 Å². The summed E-state index contributed by atoms with van der Waals surface area (Å²) in [7, 11) is 0. The predicted octanol–water partition coefficient (Wildman–Crippen LogP) is 4.83. The third kappa shape index (κ3) is 5.00. The quantitative estimate of drug-likeness (QED) is 0.306. The summed E-state index contributed by atoms with van der Waals surface area (Å²) in [4.78, 5) is 51.3. The first-order valence-corrected chi connectivity index (χ1v) is 15.6. The molecule has 0 aromatic carbocycles. The van der Waals surface area contributed by atoms with Gasteiger partial charge in [-0.05, 0) is 86.4 Å². The largest absolute Gasteiger partial charge is 0.457 e. The average Bonchev–Trinajstić information content (AvgIpc) is 3.15. The van der Waals surface area contributed by atoms with Crippen LogP contribution in [0.2, 0.25) is 0 Å². The normalized spacial score (nSPS) is 37.9. The fraction of sp³-hybridized carbons (Fsp3) is 0.800. The van der Waals surface area contributed by atoms with E-state index in [9.17, 15) is 24.3 Å². The summed E-state index contributed by atoms with van der Waals surface area (Å²) in [5, 5.41) is 11.7. The molecule has 0 unspecified atom stereocenters. The standard InChI is InChI=1S/C30H44O7S/c1-5-7-25(34)37-30(24(33)17-36-26(35)18-38-14-6-2)13-11-22-21-9-8-19-15-20(31)10-12-28(19,3)27(21)23(32)16-29(22,30)4/h15,21-23,27,32H,5-14,16-18H2,1-4H3/t21-,22-,23-,27+,28-,29-,30-/m0/s1. The number of fused-ring (bicyclic) bond motifs is 5. The molecule has 1 N–H and O–H groups in total. The molecule has 0 aromatic rings. The Morgan fingerprint density at radius 3 is 2.55 bits per heavy atom. The first kappa shape index (κ1) is 29.3. The molecule has 7 atom stereocenters. The van der Waals surface area contributed by atoms with Crippen molar-refractivity contribution in [2.75, 3.05) is 18.1 Å². The Morgan fingerprint density at radius 2 is 1.84 bits per heavy atom. The van der Waals surface area contributed by atoms with Crippen LogP contribution in [0.15, 0.2) is 11.6 Å². The molecule has 7 nitrogen and oxygen atoms in total. The highest BCUT2D eigenvalue weighted by molar-refractivity contribution is 7.99. The Kier molecular flexibility index (Phi) is 8.83. The number of hydrogen-bond acceptors (Lipinski definition) is 8.